The van der Waals surface area contributed by atoms with Crippen molar-refractivity contribution in [3.05, 3.63) is 77.4 Å². The number of para-hydroxylation sites is 1. The van der Waals surface area contributed by atoms with Gasteiger partial charge in [-0.3, -0.25) is 19.2 Å². The highest BCUT2D eigenvalue weighted by Gasteiger charge is 2.21. The molecule has 1 fully saturated rings. The van der Waals surface area contributed by atoms with Crippen LogP contribution in [-0.4, -0.2) is 101 Å². The molecule has 1 aliphatic rings. The number of unbranched alkanes of at least 4 members (excludes halogenated alkanes) is 2. The van der Waals surface area contributed by atoms with Gasteiger partial charge < -0.3 is 39.5 Å². The summed E-state index contributed by atoms with van der Waals surface area (Å²) in [7, 11) is 5.25. The predicted molar refractivity (Wildman–Crippen MR) is 213 cm³/mol. The molecule has 53 heavy (non-hydrogen) atoms. The minimum atomic E-state index is -0.398. The third-order valence-corrected chi connectivity index (χ3v) is 8.71. The lowest BCUT2D eigenvalue weighted by molar-refractivity contribution is -0.132. The van der Waals surface area contributed by atoms with Gasteiger partial charge in [-0.05, 0) is 87.7 Å². The number of methoxy groups -OCH3 is 1. The monoisotopic (exact) mass is 773 g/mol. The summed E-state index contributed by atoms with van der Waals surface area (Å²) in [6.45, 7) is 8.12. The van der Waals surface area contributed by atoms with Gasteiger partial charge in [-0.1, -0.05) is 18.2 Å². The van der Waals surface area contributed by atoms with Gasteiger partial charge in [0.05, 0.1) is 37.3 Å². The fourth-order valence-electron chi connectivity index (χ4n) is 5.68. The summed E-state index contributed by atoms with van der Waals surface area (Å²) < 4.78 is 17.6. The van der Waals surface area contributed by atoms with Crippen LogP contribution in [0.3, 0.4) is 0 Å². The van der Waals surface area contributed by atoms with E-state index in [2.05, 4.69) is 22.6 Å². The zero-order chi connectivity index (χ0) is 36.8. The Morgan fingerprint density at radius 2 is 1.51 bits per heavy atom. The van der Waals surface area contributed by atoms with Gasteiger partial charge in [0.25, 0.3) is 11.8 Å². The zero-order valence-corrected chi connectivity index (χ0v) is 32.9. The van der Waals surface area contributed by atoms with Crippen molar-refractivity contribution in [2.45, 2.75) is 46.0 Å². The molecule has 1 heterocycles. The Balaban J connectivity index is 0.00000486. The summed E-state index contributed by atoms with van der Waals surface area (Å²) in [6.07, 6.45) is 3.61. The average molecular weight is 775 g/mol. The van der Waals surface area contributed by atoms with Crippen molar-refractivity contribution >= 4 is 59.8 Å². The number of ether oxygens (including phenoxy) is 3. The van der Waals surface area contributed by atoms with Crippen molar-refractivity contribution in [1.82, 2.24) is 15.1 Å². The molecule has 0 aromatic heterocycles. The molecule has 4 rings (SSSR count). The number of likely N-dealkylation sites (N-methyl/N-ethyl adjacent to an activating group) is 1. The molecule has 0 aliphatic carbocycles. The standard InChI is InChI=1S/C39H51N5O7.2ClH/c1-28-15-18-33(36(26-28)51-24-10-6-7-14-37(46)44-22-20-42(3)21-23-44)43(4)39(48)30-16-17-32(35(27-30)49-5)41-38(47)31-12-8-9-13-34(31)50-25-11-19-40-29(2)45;;/h8-9,12-13,15-18,26-27H,6-7,10-11,14,19-25H2,1-5H3,(H,40,45)(H,41,47);2*1H. The Morgan fingerprint density at radius 1 is 0.811 bits per heavy atom. The SMILES string of the molecule is COc1cc(C(=O)N(C)c2ccc(C)cc2OCCCCCC(=O)N2CCN(C)CC2)ccc1NC(=O)c1ccccc1OCCCNC(C)=O.Cl.Cl. The molecule has 3 aromatic carbocycles. The van der Waals surface area contributed by atoms with E-state index in [-0.39, 0.29) is 42.5 Å². The van der Waals surface area contributed by atoms with E-state index in [4.69, 9.17) is 14.2 Å². The minimum Gasteiger partial charge on any atom is -0.495 e. The molecule has 290 valence electrons. The number of anilines is 2. The van der Waals surface area contributed by atoms with Crippen molar-refractivity contribution < 1.29 is 33.4 Å². The number of rotatable bonds is 17. The number of carbonyl (C=O) groups excluding carboxylic acids is 4. The number of halogens is 2. The lowest BCUT2D eigenvalue weighted by Gasteiger charge is -2.32. The first-order chi connectivity index (χ1) is 24.6. The molecule has 0 saturated carbocycles. The van der Waals surface area contributed by atoms with Crippen molar-refractivity contribution in [3.63, 3.8) is 0 Å². The van der Waals surface area contributed by atoms with Gasteiger partial charge in [0.1, 0.15) is 17.2 Å². The van der Waals surface area contributed by atoms with E-state index in [1.807, 2.05) is 30.0 Å². The first kappa shape index (κ1) is 44.6. The highest BCUT2D eigenvalue weighted by molar-refractivity contribution is 6.09. The van der Waals surface area contributed by atoms with E-state index < -0.39 is 5.91 Å². The lowest BCUT2D eigenvalue weighted by Crippen LogP contribution is -2.47. The van der Waals surface area contributed by atoms with Crippen LogP contribution in [0.25, 0.3) is 0 Å². The third-order valence-electron chi connectivity index (χ3n) is 8.71. The third kappa shape index (κ3) is 13.4. The van der Waals surface area contributed by atoms with Gasteiger partial charge in [-0.25, -0.2) is 0 Å². The van der Waals surface area contributed by atoms with Crippen LogP contribution in [-0.2, 0) is 9.59 Å². The van der Waals surface area contributed by atoms with Crippen LogP contribution < -0.4 is 29.7 Å². The second-order valence-corrected chi connectivity index (χ2v) is 12.7. The molecule has 4 amide bonds. The van der Waals surface area contributed by atoms with E-state index >= 15 is 0 Å². The van der Waals surface area contributed by atoms with Gasteiger partial charge in [-0.15, -0.1) is 24.8 Å². The van der Waals surface area contributed by atoms with Crippen molar-refractivity contribution in [2.24, 2.45) is 0 Å². The molecule has 0 spiro atoms. The Bertz CT molecular complexity index is 1670. The van der Waals surface area contributed by atoms with Crippen LogP contribution in [0.5, 0.6) is 17.2 Å². The Labute approximate surface area is 325 Å². The summed E-state index contributed by atoms with van der Waals surface area (Å²) in [5.74, 6) is 0.777. The number of nitrogens with one attached hydrogen (secondary N) is 2. The molecule has 3 aromatic rings. The highest BCUT2D eigenvalue weighted by Crippen LogP contribution is 2.32. The molecule has 1 saturated heterocycles. The number of benzene rings is 3. The average Bonchev–Trinajstić information content (AvgIpc) is 3.12. The summed E-state index contributed by atoms with van der Waals surface area (Å²) in [6, 6.07) is 17.5. The van der Waals surface area contributed by atoms with Crippen LogP contribution in [0.4, 0.5) is 11.4 Å². The molecule has 0 unspecified atom stereocenters. The molecule has 14 heteroatoms. The maximum atomic E-state index is 13.7. The first-order valence-corrected chi connectivity index (χ1v) is 17.5. The Kier molecular flexibility index (Phi) is 19.0. The zero-order valence-electron chi connectivity index (χ0n) is 31.3. The number of hydrogen-bond donors (Lipinski definition) is 2. The largest absolute Gasteiger partial charge is 0.495 e. The lowest BCUT2D eigenvalue weighted by atomic mass is 10.1. The summed E-state index contributed by atoms with van der Waals surface area (Å²) in [5, 5.41) is 5.59. The van der Waals surface area contributed by atoms with Crippen LogP contribution in [0.15, 0.2) is 60.7 Å². The van der Waals surface area contributed by atoms with Crippen molar-refractivity contribution in [2.75, 3.05) is 77.4 Å². The molecular weight excluding hydrogens is 721 g/mol. The second kappa shape index (κ2) is 22.5. The van der Waals surface area contributed by atoms with E-state index in [1.165, 1.54) is 18.9 Å². The van der Waals surface area contributed by atoms with Crippen molar-refractivity contribution in [3.8, 4) is 17.2 Å². The maximum Gasteiger partial charge on any atom is 0.259 e. The molecule has 0 radical (unpaired) electrons. The fourth-order valence-corrected chi connectivity index (χ4v) is 5.68. The first-order valence-electron chi connectivity index (χ1n) is 17.5. The van der Waals surface area contributed by atoms with Crippen LogP contribution in [0.1, 0.15) is 65.3 Å². The quantitative estimate of drug-likeness (QED) is 0.160. The predicted octanol–water partition coefficient (Wildman–Crippen LogP) is 5.99. The molecule has 12 nitrogen and oxygen atoms in total. The van der Waals surface area contributed by atoms with Gasteiger partial charge in [-0.2, -0.15) is 0 Å². The molecule has 2 N–H and O–H groups in total. The normalized spacial score (nSPS) is 12.4. The summed E-state index contributed by atoms with van der Waals surface area (Å²) >= 11 is 0. The number of carbonyl (C=O) groups is 4. The smallest absolute Gasteiger partial charge is 0.259 e. The van der Waals surface area contributed by atoms with E-state index in [9.17, 15) is 19.2 Å². The number of piperazine rings is 1. The molecular formula is C39H53Cl2N5O7. The van der Waals surface area contributed by atoms with Gasteiger partial charge in [0.2, 0.25) is 11.8 Å². The Morgan fingerprint density at radius 3 is 2.23 bits per heavy atom. The summed E-state index contributed by atoms with van der Waals surface area (Å²) in [4.78, 5) is 56.4. The van der Waals surface area contributed by atoms with Crippen LogP contribution >= 0.6 is 24.8 Å². The van der Waals surface area contributed by atoms with Crippen molar-refractivity contribution in [1.29, 1.82) is 0 Å². The number of hydrogen-bond acceptors (Lipinski definition) is 8. The number of amides is 4. The molecule has 0 bridgehead atoms. The highest BCUT2D eigenvalue weighted by atomic mass is 35.5. The molecule has 0 atom stereocenters. The van der Waals surface area contributed by atoms with Gasteiger partial charge in [0, 0.05) is 58.7 Å². The summed E-state index contributed by atoms with van der Waals surface area (Å²) in [5.41, 5.74) is 2.73. The number of nitrogens with zero attached hydrogens (tertiary/aromatic N) is 3. The van der Waals surface area contributed by atoms with E-state index in [0.717, 1.165) is 51.0 Å². The fraction of sp³-hybridized carbons (Fsp3) is 0.436. The topological polar surface area (TPSA) is 130 Å². The maximum absolute atomic E-state index is 13.7. The van der Waals surface area contributed by atoms with Crippen LogP contribution in [0.2, 0.25) is 0 Å². The number of aryl methyl sites for hydroxylation is 1. The van der Waals surface area contributed by atoms with Gasteiger partial charge in [0.15, 0.2) is 0 Å². The van der Waals surface area contributed by atoms with Gasteiger partial charge >= 0.3 is 0 Å². The van der Waals surface area contributed by atoms with E-state index in [1.54, 1.807) is 49.5 Å². The van der Waals surface area contributed by atoms with Crippen LogP contribution in [0, 0.1) is 6.92 Å². The minimum absolute atomic E-state index is 0. The van der Waals surface area contributed by atoms with E-state index in [0.29, 0.717) is 72.4 Å². The molecule has 1 aliphatic heterocycles. The second-order valence-electron chi connectivity index (χ2n) is 12.7. The Hall–Kier alpha value is -4.52.